The van der Waals surface area contributed by atoms with Crippen molar-refractivity contribution in [3.8, 4) is 0 Å². The van der Waals surface area contributed by atoms with Crippen LogP contribution in [0.25, 0.3) is 0 Å². The van der Waals surface area contributed by atoms with Crippen LogP contribution >= 0.6 is 0 Å². The Kier molecular flexibility index (Phi) is 4.50. The average molecular weight is 344 g/mol. The van der Waals surface area contributed by atoms with Crippen molar-refractivity contribution in [3.63, 3.8) is 0 Å². The number of benzene rings is 2. The lowest BCUT2D eigenvalue weighted by Gasteiger charge is -2.10. The number of anilines is 1. The largest absolute Gasteiger partial charge is 0.280 e. The van der Waals surface area contributed by atoms with Crippen molar-refractivity contribution in [2.75, 3.05) is 4.72 Å². The molecule has 6 nitrogen and oxygen atoms in total. The first-order valence-corrected chi connectivity index (χ1v) is 9.24. The van der Waals surface area contributed by atoms with Gasteiger partial charge >= 0.3 is 0 Å². The van der Waals surface area contributed by atoms with E-state index < -0.39 is 36.5 Å². The number of rotatable bonds is 5. The summed E-state index contributed by atoms with van der Waals surface area (Å²) < 4.78 is 62.1. The molecule has 0 aromatic heterocycles. The third-order valence-corrected chi connectivity index (χ3v) is 4.82. The zero-order valence-corrected chi connectivity index (χ0v) is 12.9. The normalized spacial score (nSPS) is 12.1. The minimum atomic E-state index is -4.11. The van der Waals surface area contributed by atoms with Gasteiger partial charge in [0.2, 0.25) is 10.0 Å². The molecule has 0 unspecified atom stereocenters. The molecule has 2 rings (SSSR count). The molecule has 0 atom stereocenters. The molecule has 0 amide bonds. The van der Waals surface area contributed by atoms with Crippen molar-refractivity contribution in [1.82, 2.24) is 0 Å². The molecule has 9 heteroatoms. The van der Waals surface area contributed by atoms with Crippen LogP contribution in [0.4, 0.5) is 10.1 Å². The Morgan fingerprint density at radius 2 is 1.68 bits per heavy atom. The number of hydrogen-bond acceptors (Lipinski definition) is 4. The first-order valence-electron chi connectivity index (χ1n) is 6.04. The maximum atomic E-state index is 13.6. The van der Waals surface area contributed by atoms with Crippen LogP contribution in [-0.4, -0.2) is 16.8 Å². The molecule has 0 aliphatic carbocycles. The lowest BCUT2D eigenvalue weighted by atomic mass is 10.2. The minimum Gasteiger partial charge on any atom is -0.280 e. The van der Waals surface area contributed by atoms with Gasteiger partial charge in [0.25, 0.3) is 10.0 Å². The van der Waals surface area contributed by atoms with E-state index in [1.165, 1.54) is 36.4 Å². The molecule has 0 bridgehead atoms. The van der Waals surface area contributed by atoms with Crippen LogP contribution in [0, 0.1) is 5.82 Å². The Morgan fingerprint density at radius 1 is 1.00 bits per heavy atom. The Labute approximate surface area is 127 Å². The standard InChI is InChI=1S/C13H13FN2O4S2/c14-12-6-1-2-7-13(12)22(19,20)16-11-5-3-4-10(8-11)9-21(15,17)18/h1-8,16H,9H2,(H2,15,17,18). The molecule has 3 N–H and O–H groups in total. The third-order valence-electron chi connectivity index (χ3n) is 2.67. The summed E-state index contributed by atoms with van der Waals surface area (Å²) in [5.74, 6) is -1.31. The van der Waals surface area contributed by atoms with Gasteiger partial charge in [-0.2, -0.15) is 0 Å². The molecule has 0 heterocycles. The highest BCUT2D eigenvalue weighted by molar-refractivity contribution is 7.92. The van der Waals surface area contributed by atoms with E-state index in [2.05, 4.69) is 4.72 Å². The van der Waals surface area contributed by atoms with Gasteiger partial charge in [0.1, 0.15) is 10.7 Å². The van der Waals surface area contributed by atoms with Gasteiger partial charge in [0.05, 0.1) is 5.75 Å². The van der Waals surface area contributed by atoms with E-state index in [1.54, 1.807) is 0 Å². The molecule has 0 radical (unpaired) electrons. The summed E-state index contributed by atoms with van der Waals surface area (Å²) in [5, 5.41) is 4.94. The van der Waals surface area contributed by atoms with Crippen LogP contribution < -0.4 is 9.86 Å². The summed E-state index contributed by atoms with van der Waals surface area (Å²) in [4.78, 5) is -0.494. The summed E-state index contributed by atoms with van der Waals surface area (Å²) in [6.07, 6.45) is 0. The smallest absolute Gasteiger partial charge is 0.264 e. The van der Waals surface area contributed by atoms with Crippen molar-refractivity contribution < 1.29 is 21.2 Å². The fraction of sp³-hybridized carbons (Fsp3) is 0.0769. The summed E-state index contributed by atoms with van der Waals surface area (Å²) in [6, 6.07) is 10.6. The number of nitrogens with two attached hydrogens (primary N) is 1. The molecular weight excluding hydrogens is 331 g/mol. The second-order valence-corrected chi connectivity index (χ2v) is 7.81. The second kappa shape index (κ2) is 6.03. The van der Waals surface area contributed by atoms with Gasteiger partial charge in [-0.25, -0.2) is 26.4 Å². The molecule has 0 saturated carbocycles. The van der Waals surface area contributed by atoms with Crippen LogP contribution in [0.5, 0.6) is 0 Å². The first kappa shape index (κ1) is 16.4. The van der Waals surface area contributed by atoms with Crippen molar-refractivity contribution in [2.45, 2.75) is 10.6 Å². The fourth-order valence-corrected chi connectivity index (χ4v) is 3.60. The number of nitrogens with one attached hydrogen (secondary N) is 1. The van der Waals surface area contributed by atoms with Gasteiger partial charge in [0.15, 0.2) is 0 Å². The Hall–Kier alpha value is -1.97. The van der Waals surface area contributed by atoms with Gasteiger partial charge < -0.3 is 0 Å². The minimum absolute atomic E-state index is 0.115. The molecule has 0 aliphatic heterocycles. The molecule has 22 heavy (non-hydrogen) atoms. The highest BCUT2D eigenvalue weighted by Crippen LogP contribution is 2.19. The second-order valence-electron chi connectivity index (χ2n) is 4.54. The Bertz CT molecular complexity index is 896. The lowest BCUT2D eigenvalue weighted by Crippen LogP contribution is -2.16. The molecule has 0 spiro atoms. The zero-order chi connectivity index (χ0) is 16.4. The molecule has 0 saturated heterocycles. The zero-order valence-electron chi connectivity index (χ0n) is 11.2. The first-order chi connectivity index (χ1) is 10.2. The van der Waals surface area contributed by atoms with Gasteiger partial charge in [-0.3, -0.25) is 4.72 Å². The van der Waals surface area contributed by atoms with Gasteiger partial charge in [-0.05, 0) is 29.8 Å². The monoisotopic (exact) mass is 344 g/mol. The van der Waals surface area contributed by atoms with Gasteiger partial charge in [-0.1, -0.05) is 24.3 Å². The van der Waals surface area contributed by atoms with Crippen molar-refractivity contribution in [2.24, 2.45) is 5.14 Å². The van der Waals surface area contributed by atoms with E-state index in [0.717, 1.165) is 12.1 Å². The van der Waals surface area contributed by atoms with Crippen molar-refractivity contribution >= 4 is 25.7 Å². The molecule has 0 aliphatic rings. The fourth-order valence-electron chi connectivity index (χ4n) is 1.83. The van der Waals surface area contributed by atoms with Crippen LogP contribution in [-0.2, 0) is 25.8 Å². The molecule has 0 fully saturated rings. The maximum Gasteiger partial charge on any atom is 0.264 e. The van der Waals surface area contributed by atoms with E-state index in [0.29, 0.717) is 5.56 Å². The predicted molar refractivity (Wildman–Crippen MR) is 80.5 cm³/mol. The van der Waals surface area contributed by atoms with Gasteiger partial charge in [-0.15, -0.1) is 0 Å². The van der Waals surface area contributed by atoms with E-state index in [4.69, 9.17) is 5.14 Å². The third kappa shape index (κ3) is 4.26. The molecule has 2 aromatic carbocycles. The number of primary sulfonamides is 1. The van der Waals surface area contributed by atoms with Crippen LogP contribution in [0.1, 0.15) is 5.56 Å². The molecule has 2 aromatic rings. The van der Waals surface area contributed by atoms with Gasteiger partial charge in [0, 0.05) is 5.69 Å². The highest BCUT2D eigenvalue weighted by Gasteiger charge is 2.18. The summed E-state index contributed by atoms with van der Waals surface area (Å²) >= 11 is 0. The number of sulfonamides is 2. The summed E-state index contributed by atoms with van der Waals surface area (Å²) in [6.45, 7) is 0. The van der Waals surface area contributed by atoms with Crippen molar-refractivity contribution in [1.29, 1.82) is 0 Å². The predicted octanol–water partition coefficient (Wildman–Crippen LogP) is 1.42. The van der Waals surface area contributed by atoms with Crippen LogP contribution in [0.2, 0.25) is 0 Å². The summed E-state index contributed by atoms with van der Waals surface area (Å²) in [7, 11) is -7.84. The SMILES string of the molecule is NS(=O)(=O)Cc1cccc(NS(=O)(=O)c2ccccc2F)c1. The number of hydrogen-bond donors (Lipinski definition) is 2. The quantitative estimate of drug-likeness (QED) is 0.855. The highest BCUT2D eigenvalue weighted by atomic mass is 32.2. The maximum absolute atomic E-state index is 13.6. The molecule has 118 valence electrons. The van der Waals surface area contributed by atoms with Crippen LogP contribution in [0.15, 0.2) is 53.4 Å². The lowest BCUT2D eigenvalue weighted by molar-refractivity contribution is 0.570. The van der Waals surface area contributed by atoms with E-state index in [1.807, 2.05) is 0 Å². The Morgan fingerprint density at radius 3 is 2.32 bits per heavy atom. The molecular formula is C13H13FN2O4S2. The van der Waals surface area contributed by atoms with E-state index in [-0.39, 0.29) is 5.69 Å². The van der Waals surface area contributed by atoms with E-state index >= 15 is 0 Å². The number of halogens is 1. The van der Waals surface area contributed by atoms with Crippen LogP contribution in [0.3, 0.4) is 0 Å². The van der Waals surface area contributed by atoms with Crippen molar-refractivity contribution in [3.05, 3.63) is 59.9 Å². The van der Waals surface area contributed by atoms with E-state index in [9.17, 15) is 21.2 Å². The Balaban J connectivity index is 2.31. The summed E-state index contributed by atoms with van der Waals surface area (Å²) in [5.41, 5.74) is 0.431. The average Bonchev–Trinajstić information content (AvgIpc) is 2.36. The topological polar surface area (TPSA) is 106 Å².